The molecule has 0 fully saturated rings. The van der Waals surface area contributed by atoms with Gasteiger partial charge in [-0.2, -0.15) is 0 Å². The Labute approximate surface area is 119 Å². The number of aliphatic carboxylic acids is 1. The van der Waals surface area contributed by atoms with Gasteiger partial charge in [-0.3, -0.25) is 4.79 Å². The fourth-order valence-electron chi connectivity index (χ4n) is 1.75. The Morgan fingerprint density at radius 2 is 1.80 bits per heavy atom. The zero-order chi connectivity index (χ0) is 15.9. The van der Waals surface area contributed by atoms with Crippen LogP contribution in [0.5, 0.6) is 0 Å². The molecule has 0 atom stereocenters. The summed E-state index contributed by atoms with van der Waals surface area (Å²) >= 11 is 0. The first-order valence-corrected chi connectivity index (χ1v) is 6.51. The van der Waals surface area contributed by atoms with E-state index in [-0.39, 0.29) is 18.4 Å². The van der Waals surface area contributed by atoms with E-state index in [0.29, 0.717) is 19.5 Å². The minimum absolute atomic E-state index is 0.225. The molecule has 0 radical (unpaired) electrons. The van der Waals surface area contributed by atoms with Crippen LogP contribution in [0, 0.1) is 0 Å². The Kier molecular flexibility index (Phi) is 7.02. The van der Waals surface area contributed by atoms with Crippen molar-refractivity contribution in [3.63, 3.8) is 0 Å². The van der Waals surface area contributed by atoms with Crippen LogP contribution in [0.2, 0.25) is 0 Å². The van der Waals surface area contributed by atoms with Gasteiger partial charge in [0.2, 0.25) is 0 Å². The topological polar surface area (TPSA) is 87.2 Å². The minimum Gasteiger partial charge on any atom is -0.480 e. The van der Waals surface area contributed by atoms with E-state index in [4.69, 9.17) is 0 Å². The monoisotopic (exact) mass is 288 g/mol. The largest absolute Gasteiger partial charge is 0.480 e. The maximum atomic E-state index is 12.2. The molecule has 7 heteroatoms. The van der Waals surface area contributed by atoms with Crippen LogP contribution < -0.4 is 0 Å². The highest BCUT2D eigenvalue weighted by molar-refractivity contribution is 5.85. The van der Waals surface area contributed by atoms with Crippen LogP contribution in [0.1, 0.15) is 33.6 Å². The molecule has 2 amide bonds. The number of nitrogens with zero attached hydrogens (tertiary/aromatic N) is 2. The third-order valence-corrected chi connectivity index (χ3v) is 3.17. The summed E-state index contributed by atoms with van der Waals surface area (Å²) in [5, 5.41) is 9.18. The first-order chi connectivity index (χ1) is 9.18. The molecule has 0 aromatic rings. The molecule has 0 heterocycles. The highest BCUT2D eigenvalue weighted by Crippen LogP contribution is 2.16. The summed E-state index contributed by atoms with van der Waals surface area (Å²) < 4.78 is 4.52. The van der Waals surface area contributed by atoms with Crippen LogP contribution in [-0.2, 0) is 14.3 Å². The summed E-state index contributed by atoms with van der Waals surface area (Å²) in [7, 11) is 2.89. The summed E-state index contributed by atoms with van der Waals surface area (Å²) in [6.45, 7) is 5.35. The Morgan fingerprint density at radius 3 is 2.20 bits per heavy atom. The van der Waals surface area contributed by atoms with Gasteiger partial charge in [0.05, 0.1) is 7.11 Å². The summed E-state index contributed by atoms with van der Waals surface area (Å²) in [5.41, 5.74) is -1.28. The molecule has 0 saturated heterocycles. The van der Waals surface area contributed by atoms with Crippen LogP contribution in [0.4, 0.5) is 4.79 Å². The van der Waals surface area contributed by atoms with Crippen molar-refractivity contribution in [2.24, 2.45) is 0 Å². The van der Waals surface area contributed by atoms with Crippen LogP contribution in [-0.4, -0.2) is 65.7 Å². The fourth-order valence-corrected chi connectivity index (χ4v) is 1.75. The number of hydrogen-bond acceptors (Lipinski definition) is 4. The molecular formula is C13H24N2O5. The highest BCUT2D eigenvalue weighted by Gasteiger charge is 2.37. The molecular weight excluding hydrogens is 264 g/mol. The third kappa shape index (κ3) is 4.71. The predicted molar refractivity (Wildman–Crippen MR) is 73.4 cm³/mol. The zero-order valence-electron chi connectivity index (χ0n) is 12.8. The lowest BCUT2D eigenvalue weighted by atomic mass is 10.0. The molecule has 116 valence electrons. The molecule has 0 aromatic carbocycles. The van der Waals surface area contributed by atoms with Crippen molar-refractivity contribution in [1.82, 2.24) is 9.80 Å². The van der Waals surface area contributed by atoms with Gasteiger partial charge in [0.25, 0.3) is 0 Å². The van der Waals surface area contributed by atoms with E-state index >= 15 is 0 Å². The Bertz CT molecular complexity index is 368. The molecule has 0 aliphatic rings. The molecule has 0 rings (SSSR count). The maximum Gasteiger partial charge on any atom is 0.329 e. The number of hydrogen-bond donors (Lipinski definition) is 1. The van der Waals surface area contributed by atoms with Gasteiger partial charge < -0.3 is 19.6 Å². The number of amides is 2. The molecule has 0 aliphatic heterocycles. The van der Waals surface area contributed by atoms with Crippen molar-refractivity contribution in [2.75, 3.05) is 27.2 Å². The first-order valence-electron chi connectivity index (χ1n) is 6.51. The van der Waals surface area contributed by atoms with Crippen molar-refractivity contribution in [3.05, 3.63) is 0 Å². The zero-order valence-corrected chi connectivity index (χ0v) is 12.8. The molecule has 0 aromatic heterocycles. The second-order valence-corrected chi connectivity index (χ2v) is 4.99. The number of carboxylic acid groups (broad SMARTS) is 1. The Hall–Kier alpha value is -1.79. The van der Waals surface area contributed by atoms with Gasteiger partial charge in [0, 0.05) is 26.6 Å². The van der Waals surface area contributed by atoms with Gasteiger partial charge in [0.15, 0.2) is 0 Å². The molecule has 0 unspecified atom stereocenters. The lowest BCUT2D eigenvalue weighted by molar-refractivity contribution is -0.147. The van der Waals surface area contributed by atoms with E-state index in [1.54, 1.807) is 14.0 Å². The fraction of sp³-hybridized carbons (Fsp3) is 0.769. The van der Waals surface area contributed by atoms with E-state index in [9.17, 15) is 19.5 Å². The molecule has 0 spiro atoms. The van der Waals surface area contributed by atoms with E-state index < -0.39 is 11.5 Å². The number of methoxy groups -OCH3 is 1. The third-order valence-electron chi connectivity index (χ3n) is 3.17. The highest BCUT2D eigenvalue weighted by atomic mass is 16.5. The summed E-state index contributed by atoms with van der Waals surface area (Å²) in [6.07, 6.45) is 0.697. The number of carboxylic acids is 1. The molecule has 1 N–H and O–H groups in total. The van der Waals surface area contributed by atoms with Gasteiger partial charge in [-0.25, -0.2) is 9.59 Å². The second kappa shape index (κ2) is 7.72. The first kappa shape index (κ1) is 18.2. The summed E-state index contributed by atoms with van der Waals surface area (Å²) in [5.74, 6) is -1.39. The van der Waals surface area contributed by atoms with Crippen molar-refractivity contribution in [1.29, 1.82) is 0 Å². The van der Waals surface area contributed by atoms with Crippen LogP contribution >= 0.6 is 0 Å². The van der Waals surface area contributed by atoms with Crippen molar-refractivity contribution in [2.45, 2.75) is 39.2 Å². The Balaban J connectivity index is 4.61. The number of carbonyl (C=O) groups excluding carboxylic acids is 2. The van der Waals surface area contributed by atoms with Gasteiger partial charge >= 0.3 is 18.0 Å². The summed E-state index contributed by atoms with van der Waals surface area (Å²) in [4.78, 5) is 37.1. The van der Waals surface area contributed by atoms with Crippen LogP contribution in [0.25, 0.3) is 0 Å². The average Bonchev–Trinajstić information content (AvgIpc) is 2.38. The SMILES string of the molecule is CCN(C(=O)N(C)CCCC(=O)OC)C(C)(C)C(=O)O. The standard InChI is InChI=1S/C13H24N2O5/c1-6-15(13(2,3)11(17)18)12(19)14(4)9-7-8-10(16)20-5/h6-9H2,1-5H3,(H,17,18). The number of ether oxygens (including phenoxy) is 1. The minimum atomic E-state index is -1.28. The van der Waals surface area contributed by atoms with E-state index in [1.165, 1.54) is 30.8 Å². The smallest absolute Gasteiger partial charge is 0.329 e. The maximum absolute atomic E-state index is 12.2. The van der Waals surface area contributed by atoms with Gasteiger partial charge in [0.1, 0.15) is 5.54 Å². The van der Waals surface area contributed by atoms with E-state index in [0.717, 1.165) is 0 Å². The van der Waals surface area contributed by atoms with Gasteiger partial charge in [-0.15, -0.1) is 0 Å². The summed E-state index contributed by atoms with van der Waals surface area (Å²) in [6, 6.07) is -0.371. The van der Waals surface area contributed by atoms with Crippen molar-refractivity contribution >= 4 is 18.0 Å². The van der Waals surface area contributed by atoms with E-state index in [2.05, 4.69) is 4.74 Å². The number of urea groups is 1. The molecule has 0 bridgehead atoms. The van der Waals surface area contributed by atoms with Crippen LogP contribution in [0.3, 0.4) is 0 Å². The quantitative estimate of drug-likeness (QED) is 0.711. The van der Waals surface area contributed by atoms with Gasteiger partial charge in [-0.05, 0) is 27.2 Å². The van der Waals surface area contributed by atoms with Gasteiger partial charge in [-0.1, -0.05) is 0 Å². The van der Waals surface area contributed by atoms with Crippen molar-refractivity contribution in [3.8, 4) is 0 Å². The molecule has 20 heavy (non-hydrogen) atoms. The lowest BCUT2D eigenvalue weighted by Crippen LogP contribution is -2.56. The number of likely N-dealkylation sites (N-methyl/N-ethyl adjacent to an activating group) is 1. The molecule has 7 nitrogen and oxygen atoms in total. The Morgan fingerprint density at radius 1 is 1.25 bits per heavy atom. The average molecular weight is 288 g/mol. The van der Waals surface area contributed by atoms with Crippen molar-refractivity contribution < 1.29 is 24.2 Å². The number of carbonyl (C=O) groups is 3. The van der Waals surface area contributed by atoms with Crippen LogP contribution in [0.15, 0.2) is 0 Å². The normalized spacial score (nSPS) is 10.8. The lowest BCUT2D eigenvalue weighted by Gasteiger charge is -2.36. The number of rotatable bonds is 7. The molecule has 0 saturated carbocycles. The van der Waals surface area contributed by atoms with E-state index in [1.807, 2.05) is 0 Å². The second-order valence-electron chi connectivity index (χ2n) is 4.99. The number of esters is 1. The molecule has 0 aliphatic carbocycles. The predicted octanol–water partition coefficient (Wildman–Crippen LogP) is 1.18.